The summed E-state index contributed by atoms with van der Waals surface area (Å²) in [5.41, 5.74) is 2.29. The number of ether oxygens (including phenoxy) is 4. The molecule has 2 aliphatic rings. The second kappa shape index (κ2) is 6.23. The Hall–Kier alpha value is -1.26. The van der Waals surface area contributed by atoms with Gasteiger partial charge in [-0.25, -0.2) is 0 Å². The van der Waals surface area contributed by atoms with Crippen molar-refractivity contribution in [3.8, 4) is 11.5 Å². The molecule has 2 fully saturated rings. The maximum atomic E-state index is 6.11. The van der Waals surface area contributed by atoms with E-state index in [2.05, 4.69) is 53.7 Å². The van der Waals surface area contributed by atoms with Gasteiger partial charge >= 0.3 is 0 Å². The normalized spacial score (nSPS) is 23.1. The minimum atomic E-state index is -0.0235. The molecule has 2 atom stereocenters. The molecule has 0 saturated carbocycles. The van der Waals surface area contributed by atoms with Gasteiger partial charge in [-0.3, -0.25) is 0 Å². The van der Waals surface area contributed by atoms with Gasteiger partial charge in [-0.1, -0.05) is 41.5 Å². The van der Waals surface area contributed by atoms with Gasteiger partial charge < -0.3 is 18.9 Å². The molecule has 1 aromatic rings. The van der Waals surface area contributed by atoms with Gasteiger partial charge in [0.25, 0.3) is 0 Å². The lowest BCUT2D eigenvalue weighted by molar-refractivity contribution is 0.249. The predicted molar refractivity (Wildman–Crippen MR) is 94.3 cm³/mol. The molecule has 0 spiro atoms. The molecule has 0 radical (unpaired) electrons. The van der Waals surface area contributed by atoms with Crippen LogP contribution in [-0.4, -0.2) is 38.6 Å². The molecule has 0 unspecified atom stereocenters. The topological polar surface area (TPSA) is 43.5 Å². The first-order valence-corrected chi connectivity index (χ1v) is 8.82. The molecule has 24 heavy (non-hydrogen) atoms. The van der Waals surface area contributed by atoms with E-state index in [-0.39, 0.29) is 23.0 Å². The van der Waals surface area contributed by atoms with Gasteiger partial charge in [-0.05, 0) is 23.0 Å². The van der Waals surface area contributed by atoms with E-state index >= 15 is 0 Å². The molecule has 2 aliphatic heterocycles. The van der Waals surface area contributed by atoms with Crippen molar-refractivity contribution in [2.24, 2.45) is 0 Å². The maximum absolute atomic E-state index is 6.11. The van der Waals surface area contributed by atoms with Crippen LogP contribution >= 0.6 is 0 Å². The lowest BCUT2D eigenvalue weighted by Crippen LogP contribution is -2.20. The Kier molecular flexibility index (Phi) is 4.56. The predicted octanol–water partition coefficient (Wildman–Crippen LogP) is 3.84. The highest BCUT2D eigenvalue weighted by Crippen LogP contribution is 2.41. The fraction of sp³-hybridized carbons (Fsp3) is 0.700. The van der Waals surface area contributed by atoms with Gasteiger partial charge in [-0.2, -0.15) is 0 Å². The zero-order valence-corrected chi connectivity index (χ0v) is 15.8. The Balaban J connectivity index is 1.95. The number of hydrogen-bond donors (Lipinski definition) is 0. The fourth-order valence-corrected chi connectivity index (χ4v) is 2.66. The van der Waals surface area contributed by atoms with E-state index < -0.39 is 0 Å². The van der Waals surface area contributed by atoms with Crippen molar-refractivity contribution in [3.63, 3.8) is 0 Å². The van der Waals surface area contributed by atoms with Crippen molar-refractivity contribution in [2.45, 2.75) is 64.6 Å². The monoisotopic (exact) mass is 334 g/mol. The highest BCUT2D eigenvalue weighted by Gasteiger charge is 2.30. The van der Waals surface area contributed by atoms with E-state index in [1.807, 2.05) is 0 Å². The summed E-state index contributed by atoms with van der Waals surface area (Å²) >= 11 is 0. The molecule has 0 aliphatic carbocycles. The van der Waals surface area contributed by atoms with Crippen molar-refractivity contribution < 1.29 is 18.9 Å². The minimum absolute atomic E-state index is 0.0235. The summed E-state index contributed by atoms with van der Waals surface area (Å²) in [4.78, 5) is 0. The molecule has 134 valence electrons. The first-order chi connectivity index (χ1) is 11.1. The van der Waals surface area contributed by atoms with Gasteiger partial charge in [0.05, 0.1) is 13.2 Å². The number of hydrogen-bond acceptors (Lipinski definition) is 4. The fourth-order valence-electron chi connectivity index (χ4n) is 2.66. The molecular weight excluding hydrogens is 304 g/mol. The summed E-state index contributed by atoms with van der Waals surface area (Å²) in [5.74, 6) is 1.89. The molecular formula is C20H30O4. The lowest BCUT2D eigenvalue weighted by Gasteiger charge is -2.29. The summed E-state index contributed by atoms with van der Waals surface area (Å²) in [6.07, 6.45) is 0.498. The molecule has 2 saturated heterocycles. The summed E-state index contributed by atoms with van der Waals surface area (Å²) in [6.45, 7) is 16.0. The third-order valence-electron chi connectivity index (χ3n) is 4.35. The second-order valence-electron chi connectivity index (χ2n) is 8.88. The van der Waals surface area contributed by atoms with Crippen LogP contribution in [0.25, 0.3) is 0 Å². The van der Waals surface area contributed by atoms with Crippen LogP contribution in [0.3, 0.4) is 0 Å². The molecule has 4 nitrogen and oxygen atoms in total. The first kappa shape index (κ1) is 17.6. The zero-order valence-electron chi connectivity index (χ0n) is 15.8. The van der Waals surface area contributed by atoms with Crippen LogP contribution in [0.5, 0.6) is 11.5 Å². The lowest BCUT2D eigenvalue weighted by atomic mass is 9.81. The average Bonchev–Trinajstić information content (AvgIpc) is 3.34. The van der Waals surface area contributed by atoms with Gasteiger partial charge in [0.1, 0.15) is 36.9 Å². The summed E-state index contributed by atoms with van der Waals surface area (Å²) in [7, 11) is 0. The average molecular weight is 334 g/mol. The quantitative estimate of drug-likeness (QED) is 0.742. The Morgan fingerprint density at radius 3 is 1.38 bits per heavy atom. The highest BCUT2D eigenvalue weighted by molar-refractivity contribution is 5.51. The van der Waals surface area contributed by atoms with Gasteiger partial charge in [-0.15, -0.1) is 0 Å². The Bertz CT molecular complexity index is 533. The van der Waals surface area contributed by atoms with E-state index in [0.29, 0.717) is 13.2 Å². The molecule has 4 heteroatoms. The summed E-state index contributed by atoms with van der Waals surface area (Å²) < 4.78 is 22.8. The number of epoxide rings is 2. The van der Waals surface area contributed by atoms with Crippen molar-refractivity contribution in [3.05, 3.63) is 23.3 Å². The summed E-state index contributed by atoms with van der Waals surface area (Å²) in [6, 6.07) is 4.32. The standard InChI is InChI=1S/C20H30O4/c1-19(2,3)15-7-18(24-12-14-10-22-14)16(20(4,5)6)8-17(15)23-11-13-9-21-13/h7-8,13-14H,9-12H2,1-6H3/t13-,14+. The third-order valence-corrected chi connectivity index (χ3v) is 4.35. The van der Waals surface area contributed by atoms with Gasteiger partial charge in [0, 0.05) is 11.1 Å². The molecule has 3 rings (SSSR count). The van der Waals surface area contributed by atoms with Crippen LogP contribution in [0.1, 0.15) is 52.7 Å². The largest absolute Gasteiger partial charge is 0.490 e. The first-order valence-electron chi connectivity index (χ1n) is 8.82. The molecule has 0 amide bonds. The van der Waals surface area contributed by atoms with Gasteiger partial charge in [0.15, 0.2) is 0 Å². The Morgan fingerprint density at radius 1 is 0.792 bits per heavy atom. The van der Waals surface area contributed by atoms with Crippen LogP contribution in [0.15, 0.2) is 12.1 Å². The smallest absolute Gasteiger partial charge is 0.123 e. The van der Waals surface area contributed by atoms with Crippen molar-refractivity contribution >= 4 is 0 Å². The van der Waals surface area contributed by atoms with E-state index in [9.17, 15) is 0 Å². The van der Waals surface area contributed by atoms with Crippen molar-refractivity contribution in [1.82, 2.24) is 0 Å². The van der Waals surface area contributed by atoms with E-state index in [1.54, 1.807) is 0 Å². The maximum Gasteiger partial charge on any atom is 0.123 e. The van der Waals surface area contributed by atoms with Crippen LogP contribution in [0.2, 0.25) is 0 Å². The van der Waals surface area contributed by atoms with Crippen LogP contribution in [0.4, 0.5) is 0 Å². The SMILES string of the molecule is CC(C)(C)c1cc(OC[C@H]2CO2)c(C(C)(C)C)cc1OC[C@@H]1CO1. The highest BCUT2D eigenvalue weighted by atomic mass is 16.6. The Labute approximate surface area is 145 Å². The van der Waals surface area contributed by atoms with Crippen LogP contribution < -0.4 is 9.47 Å². The van der Waals surface area contributed by atoms with E-state index in [1.165, 1.54) is 11.1 Å². The molecule has 0 N–H and O–H groups in total. The molecule has 1 aromatic carbocycles. The van der Waals surface area contributed by atoms with E-state index in [4.69, 9.17) is 18.9 Å². The summed E-state index contributed by atoms with van der Waals surface area (Å²) in [5, 5.41) is 0. The minimum Gasteiger partial charge on any atom is -0.490 e. The van der Waals surface area contributed by atoms with Crippen molar-refractivity contribution in [1.29, 1.82) is 0 Å². The van der Waals surface area contributed by atoms with Crippen LogP contribution in [-0.2, 0) is 20.3 Å². The molecule has 0 aromatic heterocycles. The van der Waals surface area contributed by atoms with E-state index in [0.717, 1.165) is 24.7 Å². The zero-order chi connectivity index (χ0) is 17.5. The number of benzene rings is 1. The molecule has 0 bridgehead atoms. The third kappa shape index (κ3) is 4.42. The van der Waals surface area contributed by atoms with Crippen LogP contribution in [0, 0.1) is 0 Å². The second-order valence-corrected chi connectivity index (χ2v) is 8.88. The van der Waals surface area contributed by atoms with Crippen molar-refractivity contribution in [2.75, 3.05) is 26.4 Å². The van der Waals surface area contributed by atoms with Gasteiger partial charge in [0.2, 0.25) is 0 Å². The molecule has 2 heterocycles. The number of rotatable bonds is 6. The Morgan fingerprint density at radius 2 is 1.12 bits per heavy atom.